The number of nitrogens with one attached hydrogen (secondary N) is 1. The van der Waals surface area contributed by atoms with Crippen molar-refractivity contribution < 1.29 is 4.79 Å². The van der Waals surface area contributed by atoms with Gasteiger partial charge in [-0.3, -0.25) is 10.1 Å². The van der Waals surface area contributed by atoms with Gasteiger partial charge in [0.15, 0.2) is 0 Å². The fraction of sp³-hybridized carbons (Fsp3) is 0.667. The molecule has 1 saturated heterocycles. The van der Waals surface area contributed by atoms with E-state index in [0.717, 1.165) is 26.1 Å². The van der Waals surface area contributed by atoms with Crippen LogP contribution in [0.2, 0.25) is 0 Å². The van der Waals surface area contributed by atoms with Crippen LogP contribution in [-0.2, 0) is 4.79 Å². The zero-order valence-electron chi connectivity index (χ0n) is 12.8. The van der Waals surface area contributed by atoms with Crippen molar-refractivity contribution in [2.24, 2.45) is 0 Å². The average molecular weight is 295 g/mol. The number of nitrogens with zero attached hydrogens (tertiary/aromatic N) is 2. The number of thiophene rings is 1. The summed E-state index contributed by atoms with van der Waals surface area (Å²) in [6, 6.07) is 4.15. The van der Waals surface area contributed by atoms with E-state index in [9.17, 15) is 4.79 Å². The van der Waals surface area contributed by atoms with Gasteiger partial charge in [0.1, 0.15) is 6.17 Å². The van der Waals surface area contributed by atoms with E-state index in [1.54, 1.807) is 11.3 Å². The van der Waals surface area contributed by atoms with Crippen LogP contribution >= 0.6 is 11.3 Å². The van der Waals surface area contributed by atoms with Crippen molar-refractivity contribution in [1.82, 2.24) is 15.1 Å². The standard InChI is InChI=1S/C15H25N3OS/c1-5-15(3)14(19)18(10-9-17(4)6-2)13(16-15)12-8-7-11-20-12/h7-8,11,13,16H,5-6,9-10H2,1-4H3. The largest absolute Gasteiger partial charge is 0.319 e. The lowest BCUT2D eigenvalue weighted by Crippen LogP contribution is -2.43. The fourth-order valence-corrected chi connectivity index (χ4v) is 3.25. The molecule has 5 heteroatoms. The van der Waals surface area contributed by atoms with Crippen molar-refractivity contribution in [2.45, 2.75) is 38.9 Å². The molecule has 2 heterocycles. The average Bonchev–Trinajstić information content (AvgIpc) is 3.06. The quantitative estimate of drug-likeness (QED) is 0.875. The minimum absolute atomic E-state index is 0.0257. The van der Waals surface area contributed by atoms with Gasteiger partial charge in [-0.2, -0.15) is 0 Å². The Morgan fingerprint density at radius 2 is 2.25 bits per heavy atom. The number of hydrogen-bond donors (Lipinski definition) is 1. The summed E-state index contributed by atoms with van der Waals surface area (Å²) >= 11 is 1.71. The van der Waals surface area contributed by atoms with E-state index < -0.39 is 5.54 Å². The Morgan fingerprint density at radius 3 is 2.80 bits per heavy atom. The van der Waals surface area contributed by atoms with Gasteiger partial charge in [-0.25, -0.2) is 0 Å². The monoisotopic (exact) mass is 295 g/mol. The van der Waals surface area contributed by atoms with Crippen molar-refractivity contribution in [2.75, 3.05) is 26.7 Å². The van der Waals surface area contributed by atoms with Gasteiger partial charge in [0.05, 0.1) is 5.54 Å². The lowest BCUT2D eigenvalue weighted by Gasteiger charge is -2.25. The van der Waals surface area contributed by atoms with Crippen LogP contribution in [0.1, 0.15) is 38.2 Å². The van der Waals surface area contributed by atoms with Gasteiger partial charge in [-0.1, -0.05) is 19.9 Å². The van der Waals surface area contributed by atoms with E-state index >= 15 is 0 Å². The third kappa shape index (κ3) is 2.90. The summed E-state index contributed by atoms with van der Waals surface area (Å²) in [5, 5.41) is 5.60. The van der Waals surface area contributed by atoms with Crippen LogP contribution in [0.4, 0.5) is 0 Å². The molecule has 1 aliphatic rings. The Balaban J connectivity index is 2.17. The lowest BCUT2D eigenvalue weighted by atomic mass is 9.99. The molecular weight excluding hydrogens is 270 g/mol. The number of hydrogen-bond acceptors (Lipinski definition) is 4. The van der Waals surface area contributed by atoms with Gasteiger partial charge in [0, 0.05) is 18.0 Å². The summed E-state index contributed by atoms with van der Waals surface area (Å²) in [6.07, 6.45) is 0.839. The molecule has 1 N–H and O–H groups in total. The van der Waals surface area contributed by atoms with Gasteiger partial charge in [0.2, 0.25) is 5.91 Å². The normalized spacial score (nSPS) is 26.8. The molecule has 20 heavy (non-hydrogen) atoms. The van der Waals surface area contributed by atoms with E-state index in [0.29, 0.717) is 0 Å². The fourth-order valence-electron chi connectivity index (χ4n) is 2.47. The van der Waals surface area contributed by atoms with Crippen LogP contribution in [0.5, 0.6) is 0 Å². The Bertz CT molecular complexity index is 448. The maximum absolute atomic E-state index is 12.7. The number of amides is 1. The van der Waals surface area contributed by atoms with Gasteiger partial charge < -0.3 is 9.80 Å². The molecule has 1 aromatic rings. The SMILES string of the molecule is CCN(C)CCN1C(=O)C(C)(CC)NC1c1cccs1. The molecule has 0 spiro atoms. The third-order valence-electron chi connectivity index (χ3n) is 4.28. The maximum Gasteiger partial charge on any atom is 0.244 e. The van der Waals surface area contributed by atoms with Crippen LogP contribution < -0.4 is 5.32 Å². The summed E-state index contributed by atoms with van der Waals surface area (Å²) < 4.78 is 0. The van der Waals surface area contributed by atoms with Gasteiger partial charge >= 0.3 is 0 Å². The highest BCUT2D eigenvalue weighted by Crippen LogP contribution is 2.34. The molecule has 0 bridgehead atoms. The lowest BCUT2D eigenvalue weighted by molar-refractivity contribution is -0.133. The van der Waals surface area contributed by atoms with Crippen molar-refractivity contribution in [1.29, 1.82) is 0 Å². The minimum atomic E-state index is -0.431. The molecular formula is C15H25N3OS. The molecule has 4 nitrogen and oxygen atoms in total. The summed E-state index contributed by atoms with van der Waals surface area (Å²) in [7, 11) is 2.09. The second-order valence-corrected chi connectivity index (χ2v) is 6.62. The highest BCUT2D eigenvalue weighted by Gasteiger charge is 2.47. The second kappa shape index (κ2) is 6.24. The Morgan fingerprint density at radius 1 is 1.50 bits per heavy atom. The molecule has 2 rings (SSSR count). The molecule has 112 valence electrons. The zero-order chi connectivity index (χ0) is 14.8. The number of carbonyl (C=O) groups excluding carboxylic acids is 1. The Hall–Kier alpha value is -0.910. The molecule has 0 aromatic carbocycles. The summed E-state index contributed by atoms with van der Waals surface area (Å²) in [5.74, 6) is 0.225. The first-order valence-electron chi connectivity index (χ1n) is 7.32. The van der Waals surface area contributed by atoms with E-state index in [4.69, 9.17) is 0 Å². The highest BCUT2D eigenvalue weighted by atomic mass is 32.1. The molecule has 0 radical (unpaired) electrons. The molecule has 2 unspecified atom stereocenters. The van der Waals surface area contributed by atoms with Crippen molar-refractivity contribution in [3.8, 4) is 0 Å². The van der Waals surface area contributed by atoms with Crippen LogP contribution in [-0.4, -0.2) is 47.9 Å². The van der Waals surface area contributed by atoms with E-state index in [2.05, 4.69) is 42.6 Å². The van der Waals surface area contributed by atoms with E-state index in [1.807, 2.05) is 17.9 Å². The first-order valence-corrected chi connectivity index (χ1v) is 8.20. The first kappa shape index (κ1) is 15.5. The van der Waals surface area contributed by atoms with Gasteiger partial charge in [-0.05, 0) is 38.4 Å². The first-order chi connectivity index (χ1) is 9.51. The number of rotatable bonds is 6. The molecule has 1 amide bonds. The molecule has 1 aliphatic heterocycles. The van der Waals surface area contributed by atoms with Crippen molar-refractivity contribution >= 4 is 17.2 Å². The predicted molar refractivity (Wildman–Crippen MR) is 83.8 cm³/mol. The van der Waals surface area contributed by atoms with Gasteiger partial charge in [0.25, 0.3) is 0 Å². The summed E-state index contributed by atoms with van der Waals surface area (Å²) in [4.78, 5) is 18.2. The minimum Gasteiger partial charge on any atom is -0.319 e. The molecule has 0 saturated carbocycles. The van der Waals surface area contributed by atoms with Crippen molar-refractivity contribution in [3.05, 3.63) is 22.4 Å². The van der Waals surface area contributed by atoms with E-state index in [1.165, 1.54) is 4.88 Å². The van der Waals surface area contributed by atoms with Crippen LogP contribution in [0, 0.1) is 0 Å². The summed E-state index contributed by atoms with van der Waals surface area (Å²) in [6.45, 7) is 8.90. The summed E-state index contributed by atoms with van der Waals surface area (Å²) in [5.41, 5.74) is -0.431. The van der Waals surface area contributed by atoms with Crippen molar-refractivity contribution in [3.63, 3.8) is 0 Å². The molecule has 2 atom stereocenters. The van der Waals surface area contributed by atoms with Crippen LogP contribution in [0.25, 0.3) is 0 Å². The smallest absolute Gasteiger partial charge is 0.244 e. The zero-order valence-corrected chi connectivity index (χ0v) is 13.7. The predicted octanol–water partition coefficient (Wildman–Crippen LogP) is 2.30. The Kier molecular flexibility index (Phi) is 4.83. The van der Waals surface area contributed by atoms with Gasteiger partial charge in [-0.15, -0.1) is 11.3 Å². The molecule has 0 aliphatic carbocycles. The molecule has 1 aromatic heterocycles. The van der Waals surface area contributed by atoms with Crippen LogP contribution in [0.15, 0.2) is 17.5 Å². The highest BCUT2D eigenvalue weighted by molar-refractivity contribution is 7.10. The number of carbonyl (C=O) groups is 1. The molecule has 1 fully saturated rings. The topological polar surface area (TPSA) is 35.6 Å². The number of likely N-dealkylation sites (N-methyl/N-ethyl adjacent to an activating group) is 1. The Labute approximate surface area is 125 Å². The second-order valence-electron chi connectivity index (χ2n) is 5.64. The van der Waals surface area contributed by atoms with Crippen LogP contribution in [0.3, 0.4) is 0 Å². The van der Waals surface area contributed by atoms with E-state index in [-0.39, 0.29) is 12.1 Å². The maximum atomic E-state index is 12.7. The third-order valence-corrected chi connectivity index (χ3v) is 5.21.